The van der Waals surface area contributed by atoms with Gasteiger partial charge in [-0.3, -0.25) is 52.8 Å². The quantitative estimate of drug-likeness (QED) is 0.0495. The molecule has 0 spiro atoms. The Morgan fingerprint density at radius 3 is 1.47 bits per heavy atom. The number of carbonyl (C=O) groups excluding carboxylic acids is 12. The lowest BCUT2D eigenvalue weighted by Gasteiger charge is -2.39. The van der Waals surface area contributed by atoms with Crippen molar-refractivity contribution in [1.82, 2.24) is 60.9 Å². The highest BCUT2D eigenvalue weighted by atomic mass is 32.2. The number of unbranched alkanes of at least 4 members (excludes halogenated alkanes) is 6. The summed E-state index contributed by atoms with van der Waals surface area (Å²) in [6, 6.07) is -13.1. The fourth-order valence-corrected chi connectivity index (χ4v) is 13.1. The van der Waals surface area contributed by atoms with E-state index in [0.29, 0.717) is 31.6 Å². The number of amides is 13. The molecule has 0 bridgehead atoms. The van der Waals surface area contributed by atoms with Crippen LogP contribution < -0.4 is 26.6 Å². The molecule has 1 saturated heterocycles. The highest BCUT2D eigenvalue weighted by molar-refractivity contribution is 7.99. The van der Waals surface area contributed by atoms with Crippen molar-refractivity contribution in [2.45, 2.75) is 274 Å². The standard InChI is InChI=1S/C71H130N12O14S/c1-25-51-64(90)81(22)56(42-98-37-33-32-36-84)66(92)77(18)53(39-44(4)5)62(88)76-57(46(8)9)67(93)78(19)52(38-43(2)3)60(86)73-49(13)59(85)74-50(14)63(89)80(21)55(40-45(6)7)65(91)83(24)70(96)82(23)58(47(10)11)68(94)79(20)54(61(87)75-51)41-48(12)34-30-28-26-27-29-31-35-72-69(95)97-71(15,16)17/h43-58,84H,25-42H2,1-24H3,(H,72,95)(H,73,86)(H,74,85)(H,75,87)(H,76,88)/t48-,49-,50+,51+,52-,53+,54?,55-,56-,57-,58+/m1/s1. The number of hydrogen-bond acceptors (Lipinski definition) is 15. The van der Waals surface area contributed by atoms with Crippen molar-refractivity contribution in [1.29, 1.82) is 0 Å². The van der Waals surface area contributed by atoms with Crippen LogP contribution in [0.5, 0.6) is 0 Å². The fourth-order valence-electron chi connectivity index (χ4n) is 12.0. The van der Waals surface area contributed by atoms with Gasteiger partial charge in [0.1, 0.15) is 66.0 Å². The van der Waals surface area contributed by atoms with E-state index < -0.39 is 149 Å². The number of nitrogens with one attached hydrogen (secondary N) is 5. The molecule has 1 rings (SSSR count). The topological polar surface area (TPSA) is 317 Å². The molecule has 98 heavy (non-hydrogen) atoms. The number of urea groups is 1. The summed E-state index contributed by atoms with van der Waals surface area (Å²) in [5, 5.41) is 23.6. The van der Waals surface area contributed by atoms with E-state index in [1.165, 1.54) is 94.5 Å². The molecule has 1 heterocycles. The first-order valence-electron chi connectivity index (χ1n) is 35.7. The third-order valence-electron chi connectivity index (χ3n) is 18.0. The van der Waals surface area contributed by atoms with Crippen LogP contribution in [0.1, 0.15) is 208 Å². The summed E-state index contributed by atoms with van der Waals surface area (Å²) in [7, 11) is 9.88. The molecule has 1 fully saturated rings. The second-order valence-corrected chi connectivity index (χ2v) is 31.2. The van der Waals surface area contributed by atoms with E-state index in [1.54, 1.807) is 34.6 Å². The number of thioether (sulfide) groups is 1. The first-order valence-corrected chi connectivity index (χ1v) is 36.9. The maximum atomic E-state index is 15.3. The summed E-state index contributed by atoms with van der Waals surface area (Å²) in [5.41, 5.74) is -0.594. The van der Waals surface area contributed by atoms with E-state index in [-0.39, 0.29) is 68.1 Å². The monoisotopic (exact) mass is 1410 g/mol. The van der Waals surface area contributed by atoms with E-state index in [4.69, 9.17) is 4.74 Å². The smallest absolute Gasteiger partial charge is 0.407 e. The Morgan fingerprint density at radius 2 is 0.959 bits per heavy atom. The highest BCUT2D eigenvalue weighted by Crippen LogP contribution is 2.26. The maximum absolute atomic E-state index is 15.3. The Kier molecular flexibility index (Phi) is 39.8. The molecule has 0 aromatic carbocycles. The molecule has 1 aliphatic rings. The van der Waals surface area contributed by atoms with Crippen molar-refractivity contribution in [2.75, 3.05) is 74.0 Å². The van der Waals surface area contributed by atoms with E-state index in [1.807, 2.05) is 69.2 Å². The molecule has 6 N–H and O–H groups in total. The molecular formula is C71H130N12O14S. The zero-order valence-electron chi connectivity index (χ0n) is 64.3. The SMILES string of the molecule is CC[C@@H]1NC(=O)C(C[C@H](C)CCCCCCCCNC(=O)OC(C)(C)C)N(C)C(=O)[C@H](C(C)C)N(C)C(=O)N(C)C(=O)[C@@H](CC(C)C)N(C)C(=O)[C@H](C)NC(=O)[C@@H](C)NC(=O)[C@@H](CC(C)C)N(C)C(=O)[C@@H](C(C)C)NC(=O)[C@H](CC(C)C)N(C)C(=O)[C@@H](CSCCCCO)N(C)C1=O. The number of ether oxygens (including phenoxy) is 1. The summed E-state index contributed by atoms with van der Waals surface area (Å²) in [6.45, 7) is 30.5. The van der Waals surface area contributed by atoms with Gasteiger partial charge in [0.2, 0.25) is 53.2 Å². The maximum Gasteiger partial charge on any atom is 0.407 e. The molecule has 0 radical (unpaired) electrons. The number of imide groups is 1. The van der Waals surface area contributed by atoms with E-state index >= 15 is 19.2 Å². The number of rotatable bonds is 26. The van der Waals surface area contributed by atoms with E-state index in [2.05, 4.69) is 26.6 Å². The molecule has 1 unspecified atom stereocenters. The van der Waals surface area contributed by atoms with Crippen molar-refractivity contribution < 1.29 is 67.4 Å². The first-order chi connectivity index (χ1) is 45.5. The number of aliphatic hydroxyl groups is 1. The van der Waals surface area contributed by atoms with Crippen LogP contribution in [0.4, 0.5) is 9.59 Å². The predicted octanol–water partition coefficient (Wildman–Crippen LogP) is 6.64. The Hall–Kier alpha value is -6.25. The minimum atomic E-state index is -1.25. The van der Waals surface area contributed by atoms with Crippen LogP contribution in [0.2, 0.25) is 0 Å². The molecule has 26 nitrogen and oxygen atoms in total. The summed E-state index contributed by atoms with van der Waals surface area (Å²) < 4.78 is 5.33. The Labute approximate surface area is 591 Å². The second-order valence-electron chi connectivity index (χ2n) is 30.0. The fraction of sp³-hybridized carbons (Fsp3) is 0.831. The van der Waals surface area contributed by atoms with E-state index in [0.717, 1.165) is 53.2 Å². The lowest BCUT2D eigenvalue weighted by Crippen LogP contribution is -2.62. The molecular weight excluding hydrogens is 1280 g/mol. The predicted molar refractivity (Wildman–Crippen MR) is 384 cm³/mol. The average Bonchev–Trinajstić information content (AvgIpc) is 0.817. The molecule has 11 atom stereocenters. The molecule has 0 saturated carbocycles. The van der Waals surface area contributed by atoms with E-state index in [9.17, 15) is 43.5 Å². The number of aliphatic hydroxyl groups excluding tert-OH is 1. The Bertz CT molecular complexity index is 2600. The van der Waals surface area contributed by atoms with Crippen LogP contribution >= 0.6 is 11.8 Å². The molecule has 0 aromatic heterocycles. The minimum Gasteiger partial charge on any atom is -0.444 e. The van der Waals surface area contributed by atoms with Crippen molar-refractivity contribution in [3.05, 3.63) is 0 Å². The third kappa shape index (κ3) is 29.1. The van der Waals surface area contributed by atoms with Gasteiger partial charge in [-0.1, -0.05) is 122 Å². The van der Waals surface area contributed by atoms with Gasteiger partial charge >= 0.3 is 12.1 Å². The normalized spacial score (nSPS) is 24.4. The summed E-state index contributed by atoms with van der Waals surface area (Å²) in [6.07, 6.45) is 7.12. The van der Waals surface area contributed by atoms with Crippen LogP contribution in [0.15, 0.2) is 0 Å². The van der Waals surface area contributed by atoms with Crippen molar-refractivity contribution in [3.63, 3.8) is 0 Å². The van der Waals surface area contributed by atoms with Gasteiger partial charge in [0, 0.05) is 68.2 Å². The molecule has 0 aromatic rings. The molecule has 0 aliphatic carbocycles. The molecule has 13 amide bonds. The number of hydrogen-bond donors (Lipinski definition) is 6. The van der Waals surface area contributed by atoms with Crippen molar-refractivity contribution in [3.8, 4) is 0 Å². The third-order valence-corrected chi connectivity index (χ3v) is 19.1. The van der Waals surface area contributed by atoms with Crippen molar-refractivity contribution >= 4 is 83.0 Å². The van der Waals surface area contributed by atoms with Gasteiger partial charge in [0.25, 0.3) is 5.91 Å². The Morgan fingerprint density at radius 1 is 0.500 bits per heavy atom. The zero-order chi connectivity index (χ0) is 75.4. The van der Waals surface area contributed by atoms with Crippen LogP contribution in [0.3, 0.4) is 0 Å². The Balaban J connectivity index is 4.25. The molecule has 27 heteroatoms. The van der Waals surface area contributed by atoms with Crippen molar-refractivity contribution in [2.24, 2.45) is 35.5 Å². The lowest BCUT2D eigenvalue weighted by molar-refractivity contribution is -0.150. The largest absolute Gasteiger partial charge is 0.444 e. The molecule has 564 valence electrons. The summed E-state index contributed by atoms with van der Waals surface area (Å²) in [4.78, 5) is 183. The van der Waals surface area contributed by atoms with Crippen LogP contribution in [0.25, 0.3) is 0 Å². The minimum absolute atomic E-state index is 0.0431. The summed E-state index contributed by atoms with van der Waals surface area (Å²) >= 11 is 1.38. The van der Waals surface area contributed by atoms with Crippen LogP contribution in [0, 0.1) is 35.5 Å². The first kappa shape index (κ1) is 89.8. The molecule has 1 aliphatic heterocycles. The number of likely N-dealkylation sites (N-methyl/N-ethyl adjacent to an activating group) is 7. The average molecular weight is 1410 g/mol. The van der Waals surface area contributed by atoms with Crippen LogP contribution in [-0.4, -0.2) is 251 Å². The number of nitrogens with zero attached hydrogens (tertiary/aromatic N) is 7. The lowest BCUT2D eigenvalue weighted by atomic mass is 9.92. The van der Waals surface area contributed by atoms with Crippen LogP contribution in [-0.2, 0) is 52.7 Å². The second kappa shape index (κ2) is 43.4. The number of carbonyl (C=O) groups is 12. The van der Waals surface area contributed by atoms with Gasteiger partial charge in [-0.05, 0) is 127 Å². The highest BCUT2D eigenvalue weighted by Gasteiger charge is 2.44. The van der Waals surface area contributed by atoms with Gasteiger partial charge in [-0.15, -0.1) is 0 Å². The van der Waals surface area contributed by atoms with Gasteiger partial charge in [0.15, 0.2) is 0 Å². The van der Waals surface area contributed by atoms with Gasteiger partial charge < -0.3 is 65.8 Å². The van der Waals surface area contributed by atoms with Gasteiger partial charge in [0.05, 0.1) is 0 Å². The number of alkyl carbamates (subject to hydrolysis) is 1. The zero-order valence-corrected chi connectivity index (χ0v) is 65.1. The van der Waals surface area contributed by atoms with Gasteiger partial charge in [-0.25, -0.2) is 9.59 Å². The van der Waals surface area contributed by atoms with Gasteiger partial charge in [-0.2, -0.15) is 11.8 Å². The summed E-state index contributed by atoms with van der Waals surface area (Å²) in [5.74, 6) is -7.90.